The summed E-state index contributed by atoms with van der Waals surface area (Å²) in [5.41, 5.74) is 3.55. The molecule has 0 aliphatic rings. The minimum atomic E-state index is -0.0152. The fraction of sp³-hybridized carbons (Fsp3) is 0.353. The van der Waals surface area contributed by atoms with Crippen molar-refractivity contribution in [2.45, 2.75) is 40.2 Å². The van der Waals surface area contributed by atoms with Crippen molar-refractivity contribution in [1.29, 1.82) is 0 Å². The third kappa shape index (κ3) is 7.24. The van der Waals surface area contributed by atoms with Crippen molar-refractivity contribution in [3.05, 3.63) is 59.2 Å². The van der Waals surface area contributed by atoms with Crippen LogP contribution in [0.15, 0.2) is 53.6 Å². The number of hydrogen-bond acceptors (Lipinski definition) is 1. The fourth-order valence-corrected chi connectivity index (χ4v) is 1.72. The number of allylic oxidation sites excluding steroid dienone is 3. The van der Waals surface area contributed by atoms with Crippen LogP contribution in [0.1, 0.15) is 39.2 Å². The minimum Gasteiger partial charge on any atom is -0.348 e. The molecule has 0 aromatic heterocycles. The van der Waals surface area contributed by atoms with E-state index in [-0.39, 0.29) is 5.91 Å². The van der Waals surface area contributed by atoms with E-state index in [1.54, 1.807) is 6.08 Å². The van der Waals surface area contributed by atoms with Gasteiger partial charge in [-0.3, -0.25) is 4.79 Å². The maximum absolute atomic E-state index is 11.7. The molecule has 0 aliphatic carbocycles. The molecule has 0 radical (unpaired) electrons. The molecule has 1 aromatic rings. The van der Waals surface area contributed by atoms with E-state index in [1.165, 1.54) is 5.57 Å². The van der Waals surface area contributed by atoms with E-state index in [1.807, 2.05) is 37.3 Å². The second kappa shape index (κ2) is 8.30. The van der Waals surface area contributed by atoms with Gasteiger partial charge >= 0.3 is 0 Å². The average molecular weight is 257 g/mol. The van der Waals surface area contributed by atoms with Gasteiger partial charge in [0.15, 0.2) is 0 Å². The van der Waals surface area contributed by atoms with Gasteiger partial charge in [0.2, 0.25) is 5.91 Å². The van der Waals surface area contributed by atoms with Crippen LogP contribution in [0.3, 0.4) is 0 Å². The van der Waals surface area contributed by atoms with Crippen LogP contribution < -0.4 is 5.32 Å². The molecule has 0 heterocycles. The predicted molar refractivity (Wildman–Crippen MR) is 80.7 cm³/mol. The van der Waals surface area contributed by atoms with Crippen molar-refractivity contribution in [3.63, 3.8) is 0 Å². The molecule has 102 valence electrons. The molecule has 0 spiro atoms. The van der Waals surface area contributed by atoms with Gasteiger partial charge in [-0.2, -0.15) is 0 Å². The Labute approximate surface area is 116 Å². The summed E-state index contributed by atoms with van der Waals surface area (Å²) in [4.78, 5) is 11.7. The van der Waals surface area contributed by atoms with Crippen LogP contribution in [0.25, 0.3) is 0 Å². The second-order valence-electron chi connectivity index (χ2n) is 5.01. The van der Waals surface area contributed by atoms with Gasteiger partial charge in [0.1, 0.15) is 0 Å². The number of amides is 1. The Kier molecular flexibility index (Phi) is 6.65. The quantitative estimate of drug-likeness (QED) is 0.606. The summed E-state index contributed by atoms with van der Waals surface area (Å²) in [6.45, 7) is 6.76. The van der Waals surface area contributed by atoms with E-state index < -0.39 is 0 Å². The normalized spacial score (nSPS) is 11.0. The molecule has 1 aromatic carbocycles. The maximum Gasteiger partial charge on any atom is 0.244 e. The van der Waals surface area contributed by atoms with E-state index in [2.05, 4.69) is 25.2 Å². The molecule has 2 nitrogen and oxygen atoms in total. The monoisotopic (exact) mass is 257 g/mol. The Morgan fingerprint density at radius 1 is 1.16 bits per heavy atom. The molecule has 0 aliphatic heterocycles. The Hall–Kier alpha value is -1.83. The number of nitrogens with one attached hydrogen (secondary N) is 1. The van der Waals surface area contributed by atoms with Gasteiger partial charge in [0.05, 0.1) is 0 Å². The van der Waals surface area contributed by atoms with Gasteiger partial charge in [0, 0.05) is 12.6 Å². The molecule has 0 atom stereocenters. The molecule has 0 fully saturated rings. The first kappa shape index (κ1) is 15.2. The molecule has 0 saturated heterocycles. The topological polar surface area (TPSA) is 29.1 Å². The van der Waals surface area contributed by atoms with Gasteiger partial charge in [-0.05, 0) is 39.2 Å². The average Bonchev–Trinajstić information content (AvgIpc) is 2.37. The van der Waals surface area contributed by atoms with E-state index in [4.69, 9.17) is 0 Å². The van der Waals surface area contributed by atoms with Gasteiger partial charge in [-0.1, -0.05) is 47.6 Å². The van der Waals surface area contributed by atoms with Gasteiger partial charge in [-0.25, -0.2) is 0 Å². The largest absolute Gasteiger partial charge is 0.348 e. The number of hydrogen-bond donors (Lipinski definition) is 1. The Morgan fingerprint density at radius 3 is 2.47 bits per heavy atom. The highest BCUT2D eigenvalue weighted by atomic mass is 16.1. The van der Waals surface area contributed by atoms with Gasteiger partial charge in [-0.15, -0.1) is 0 Å². The zero-order chi connectivity index (χ0) is 14.1. The first-order valence-corrected chi connectivity index (χ1v) is 6.70. The standard InChI is InChI=1S/C17H23NO/c1-14(2)8-7-9-15(3)12-17(19)18-13-16-10-5-4-6-11-16/h4-6,8,10-12H,7,9,13H2,1-3H3,(H,18,19)/b15-12+. The molecule has 0 saturated carbocycles. The summed E-state index contributed by atoms with van der Waals surface area (Å²) >= 11 is 0. The van der Waals surface area contributed by atoms with E-state index in [0.717, 1.165) is 24.0 Å². The highest BCUT2D eigenvalue weighted by molar-refractivity contribution is 5.88. The Balaban J connectivity index is 2.35. The summed E-state index contributed by atoms with van der Waals surface area (Å²) in [5, 5.41) is 2.90. The smallest absolute Gasteiger partial charge is 0.244 e. The lowest BCUT2D eigenvalue weighted by molar-refractivity contribution is -0.116. The summed E-state index contributed by atoms with van der Waals surface area (Å²) in [5.74, 6) is -0.0152. The zero-order valence-corrected chi connectivity index (χ0v) is 12.1. The summed E-state index contributed by atoms with van der Waals surface area (Å²) in [6, 6.07) is 9.93. The SMILES string of the molecule is CC(C)=CCC/C(C)=C/C(=O)NCc1ccccc1. The lowest BCUT2D eigenvalue weighted by atomic mass is 10.1. The fourth-order valence-electron chi connectivity index (χ4n) is 1.72. The lowest BCUT2D eigenvalue weighted by Crippen LogP contribution is -2.20. The van der Waals surface area contributed by atoms with Crippen LogP contribution in [-0.2, 0) is 11.3 Å². The van der Waals surface area contributed by atoms with Crippen molar-refractivity contribution in [2.75, 3.05) is 0 Å². The molecular weight excluding hydrogens is 234 g/mol. The van der Waals surface area contributed by atoms with Crippen molar-refractivity contribution in [1.82, 2.24) is 5.32 Å². The number of benzene rings is 1. The lowest BCUT2D eigenvalue weighted by Gasteiger charge is -2.03. The van der Waals surface area contributed by atoms with Crippen LogP contribution in [0.5, 0.6) is 0 Å². The minimum absolute atomic E-state index is 0.0152. The van der Waals surface area contributed by atoms with E-state index in [9.17, 15) is 4.79 Å². The van der Waals surface area contributed by atoms with E-state index >= 15 is 0 Å². The molecule has 1 amide bonds. The van der Waals surface area contributed by atoms with Crippen LogP contribution in [0, 0.1) is 0 Å². The summed E-state index contributed by atoms with van der Waals surface area (Å²) in [7, 11) is 0. The summed E-state index contributed by atoms with van der Waals surface area (Å²) in [6.07, 6.45) is 5.82. The Morgan fingerprint density at radius 2 is 1.84 bits per heavy atom. The van der Waals surface area contributed by atoms with Crippen LogP contribution in [0.2, 0.25) is 0 Å². The second-order valence-corrected chi connectivity index (χ2v) is 5.01. The van der Waals surface area contributed by atoms with Crippen molar-refractivity contribution < 1.29 is 4.79 Å². The summed E-state index contributed by atoms with van der Waals surface area (Å²) < 4.78 is 0. The number of rotatable bonds is 6. The molecule has 2 heteroatoms. The maximum atomic E-state index is 11.7. The number of carbonyl (C=O) groups is 1. The third-order valence-electron chi connectivity index (χ3n) is 2.78. The van der Waals surface area contributed by atoms with Crippen LogP contribution >= 0.6 is 0 Å². The van der Waals surface area contributed by atoms with E-state index in [0.29, 0.717) is 6.54 Å². The highest BCUT2D eigenvalue weighted by Gasteiger charge is 1.98. The highest BCUT2D eigenvalue weighted by Crippen LogP contribution is 2.06. The Bertz CT molecular complexity index is 453. The zero-order valence-electron chi connectivity index (χ0n) is 12.1. The molecule has 1 N–H and O–H groups in total. The predicted octanol–water partition coefficient (Wildman–Crippen LogP) is 4.00. The molecule has 0 bridgehead atoms. The van der Waals surface area contributed by atoms with Crippen LogP contribution in [0.4, 0.5) is 0 Å². The third-order valence-corrected chi connectivity index (χ3v) is 2.78. The first-order chi connectivity index (χ1) is 9.08. The van der Waals surface area contributed by atoms with Crippen molar-refractivity contribution in [3.8, 4) is 0 Å². The number of carbonyl (C=O) groups excluding carboxylic acids is 1. The van der Waals surface area contributed by atoms with Crippen molar-refractivity contribution >= 4 is 5.91 Å². The molecular formula is C17H23NO. The van der Waals surface area contributed by atoms with Crippen molar-refractivity contribution in [2.24, 2.45) is 0 Å². The molecule has 0 unspecified atom stereocenters. The first-order valence-electron chi connectivity index (χ1n) is 6.70. The molecule has 19 heavy (non-hydrogen) atoms. The molecule has 1 rings (SSSR count). The van der Waals surface area contributed by atoms with Gasteiger partial charge in [0.25, 0.3) is 0 Å². The van der Waals surface area contributed by atoms with Gasteiger partial charge < -0.3 is 5.32 Å². The van der Waals surface area contributed by atoms with Crippen LogP contribution in [-0.4, -0.2) is 5.91 Å².